The molecule has 0 aliphatic rings. The number of alkyl carbamates (subject to hydrolysis) is 1. The van der Waals surface area contributed by atoms with Gasteiger partial charge in [-0.1, -0.05) is 0 Å². The number of esters is 2. The van der Waals surface area contributed by atoms with Gasteiger partial charge in [0.1, 0.15) is 28.9 Å². The normalized spacial score (nSPS) is 13.7. The summed E-state index contributed by atoms with van der Waals surface area (Å²) in [4.78, 5) is 60.2. The van der Waals surface area contributed by atoms with Crippen LogP contribution < -0.4 is 16.0 Å². The van der Waals surface area contributed by atoms with Gasteiger partial charge in [0, 0.05) is 6.42 Å². The van der Waals surface area contributed by atoms with E-state index in [0.717, 1.165) is 0 Å². The first-order valence-electron chi connectivity index (χ1n) is 10.9. The SMILES string of the molecule is CC(C)(C)OC(=O)CC[C@H](NC(=O)NC[C@H](NC(=O)OC(C)(C)C)C(=O)O)C(=O)OC(C)(C)C. The van der Waals surface area contributed by atoms with E-state index in [1.165, 1.54) is 0 Å². The van der Waals surface area contributed by atoms with Crippen molar-refractivity contribution in [3.05, 3.63) is 0 Å². The zero-order valence-corrected chi connectivity index (χ0v) is 21.5. The van der Waals surface area contributed by atoms with Crippen molar-refractivity contribution in [2.45, 2.75) is 104 Å². The van der Waals surface area contributed by atoms with Crippen molar-refractivity contribution in [1.29, 1.82) is 0 Å². The summed E-state index contributed by atoms with van der Waals surface area (Å²) < 4.78 is 15.5. The van der Waals surface area contributed by atoms with Crippen molar-refractivity contribution in [3.63, 3.8) is 0 Å². The van der Waals surface area contributed by atoms with Crippen molar-refractivity contribution in [3.8, 4) is 0 Å². The van der Waals surface area contributed by atoms with E-state index in [0.29, 0.717) is 0 Å². The average Bonchev–Trinajstić information content (AvgIpc) is 2.57. The van der Waals surface area contributed by atoms with Crippen LogP contribution in [0.1, 0.15) is 75.2 Å². The smallest absolute Gasteiger partial charge is 0.408 e. The molecule has 0 heterocycles. The highest BCUT2D eigenvalue weighted by Crippen LogP contribution is 2.13. The van der Waals surface area contributed by atoms with E-state index in [9.17, 15) is 29.1 Å². The highest BCUT2D eigenvalue weighted by Gasteiger charge is 2.29. The lowest BCUT2D eigenvalue weighted by Crippen LogP contribution is -2.53. The molecule has 3 amide bonds. The number of rotatable bonds is 9. The second kappa shape index (κ2) is 12.4. The molecule has 0 aliphatic carbocycles. The summed E-state index contributed by atoms with van der Waals surface area (Å²) in [7, 11) is 0. The third-order valence-electron chi connectivity index (χ3n) is 3.51. The summed E-state index contributed by atoms with van der Waals surface area (Å²) in [6.45, 7) is 14.4. The largest absolute Gasteiger partial charge is 0.480 e. The van der Waals surface area contributed by atoms with Gasteiger partial charge < -0.3 is 35.3 Å². The maximum Gasteiger partial charge on any atom is 0.408 e. The van der Waals surface area contributed by atoms with Crippen LogP contribution in [-0.4, -0.2) is 70.6 Å². The third kappa shape index (κ3) is 15.7. The number of nitrogens with one attached hydrogen (secondary N) is 3. The van der Waals surface area contributed by atoms with Crippen LogP contribution in [0.4, 0.5) is 9.59 Å². The second-order valence-electron chi connectivity index (χ2n) is 10.6. The van der Waals surface area contributed by atoms with E-state index in [2.05, 4.69) is 16.0 Å². The van der Waals surface area contributed by atoms with Crippen LogP contribution in [-0.2, 0) is 28.6 Å². The Morgan fingerprint density at radius 1 is 0.735 bits per heavy atom. The molecular weight excluding hydrogens is 450 g/mol. The summed E-state index contributed by atoms with van der Waals surface area (Å²) in [6, 6.07) is -3.58. The number of ether oxygens (including phenoxy) is 3. The lowest BCUT2D eigenvalue weighted by Gasteiger charge is -2.25. The number of carbonyl (C=O) groups excluding carboxylic acids is 4. The minimum Gasteiger partial charge on any atom is -0.480 e. The fraction of sp³-hybridized carbons (Fsp3) is 0.773. The van der Waals surface area contributed by atoms with Crippen molar-refractivity contribution in [2.75, 3.05) is 6.54 Å². The monoisotopic (exact) mass is 489 g/mol. The van der Waals surface area contributed by atoms with Gasteiger partial charge in [-0.3, -0.25) is 4.79 Å². The van der Waals surface area contributed by atoms with E-state index in [1.807, 2.05) is 0 Å². The van der Waals surface area contributed by atoms with Gasteiger partial charge in [-0.05, 0) is 68.7 Å². The maximum atomic E-state index is 12.5. The van der Waals surface area contributed by atoms with Gasteiger partial charge in [-0.25, -0.2) is 19.2 Å². The first-order chi connectivity index (χ1) is 15.2. The van der Waals surface area contributed by atoms with E-state index < -0.39 is 65.5 Å². The molecule has 4 N–H and O–H groups in total. The highest BCUT2D eigenvalue weighted by molar-refractivity contribution is 5.85. The molecule has 12 heteroatoms. The highest BCUT2D eigenvalue weighted by atomic mass is 16.6. The van der Waals surface area contributed by atoms with Gasteiger partial charge >= 0.3 is 30.0 Å². The predicted octanol–water partition coefficient (Wildman–Crippen LogP) is 2.10. The minimum atomic E-state index is -1.48. The zero-order valence-electron chi connectivity index (χ0n) is 21.5. The Kier molecular flexibility index (Phi) is 11.3. The molecular formula is C22H39N3O9. The molecule has 12 nitrogen and oxygen atoms in total. The quantitative estimate of drug-likeness (QED) is 0.280. The molecule has 0 aromatic heterocycles. The molecule has 0 radical (unpaired) electrons. The molecule has 0 unspecified atom stereocenters. The lowest BCUT2D eigenvalue weighted by atomic mass is 10.1. The number of carboxylic acid groups (broad SMARTS) is 1. The fourth-order valence-corrected chi connectivity index (χ4v) is 2.33. The van der Waals surface area contributed by atoms with Crippen molar-refractivity contribution in [1.82, 2.24) is 16.0 Å². The van der Waals surface area contributed by atoms with Crippen molar-refractivity contribution >= 4 is 30.0 Å². The first-order valence-corrected chi connectivity index (χ1v) is 10.9. The third-order valence-corrected chi connectivity index (χ3v) is 3.51. The molecule has 0 saturated heterocycles. The fourth-order valence-electron chi connectivity index (χ4n) is 2.33. The zero-order chi connectivity index (χ0) is 26.9. The molecule has 0 aliphatic heterocycles. The molecule has 34 heavy (non-hydrogen) atoms. The molecule has 0 spiro atoms. The number of hydrogen-bond acceptors (Lipinski definition) is 8. The summed E-state index contributed by atoms with van der Waals surface area (Å²) >= 11 is 0. The van der Waals surface area contributed by atoms with E-state index in [-0.39, 0.29) is 12.8 Å². The maximum absolute atomic E-state index is 12.5. The topological polar surface area (TPSA) is 169 Å². The summed E-state index contributed by atoms with van der Waals surface area (Å²) in [5, 5.41) is 16.1. The summed E-state index contributed by atoms with van der Waals surface area (Å²) in [5.41, 5.74) is -2.39. The molecule has 0 aromatic carbocycles. The standard InChI is InChI=1S/C22H39N3O9/c1-20(2,3)32-15(26)11-10-13(17(29)33-21(4,5)6)24-18(30)23-12-14(16(27)28)25-19(31)34-22(7,8)9/h13-14H,10-12H2,1-9H3,(H,25,31)(H,27,28)(H2,23,24,30)/t13-,14-/m0/s1. The van der Waals surface area contributed by atoms with Crippen molar-refractivity contribution in [2.24, 2.45) is 0 Å². The van der Waals surface area contributed by atoms with E-state index in [1.54, 1.807) is 62.3 Å². The molecule has 0 fully saturated rings. The number of amides is 3. The molecule has 0 bridgehead atoms. The van der Waals surface area contributed by atoms with Gasteiger partial charge in [0.25, 0.3) is 0 Å². The van der Waals surface area contributed by atoms with E-state index >= 15 is 0 Å². The number of aliphatic carboxylic acids is 1. The number of urea groups is 1. The van der Waals surface area contributed by atoms with Crippen LogP contribution in [0.15, 0.2) is 0 Å². The van der Waals surface area contributed by atoms with Crippen LogP contribution in [0, 0.1) is 0 Å². The number of carboxylic acids is 1. The second-order valence-corrected chi connectivity index (χ2v) is 10.6. The molecule has 0 rings (SSSR count). The Hall–Kier alpha value is -3.05. The molecule has 196 valence electrons. The molecule has 0 saturated carbocycles. The Morgan fingerprint density at radius 3 is 1.68 bits per heavy atom. The first kappa shape index (κ1) is 30.9. The Bertz CT molecular complexity index is 746. The van der Waals surface area contributed by atoms with Gasteiger partial charge in [0.15, 0.2) is 0 Å². The minimum absolute atomic E-state index is 0.101. The summed E-state index contributed by atoms with van der Waals surface area (Å²) in [6.07, 6.45) is -1.24. The van der Waals surface area contributed by atoms with E-state index in [4.69, 9.17) is 14.2 Å². The van der Waals surface area contributed by atoms with Crippen LogP contribution in [0.25, 0.3) is 0 Å². The lowest BCUT2D eigenvalue weighted by molar-refractivity contribution is -0.158. The van der Waals surface area contributed by atoms with Crippen LogP contribution in [0.3, 0.4) is 0 Å². The van der Waals surface area contributed by atoms with Crippen LogP contribution in [0.2, 0.25) is 0 Å². The van der Waals surface area contributed by atoms with Crippen LogP contribution in [0.5, 0.6) is 0 Å². The number of hydrogen-bond donors (Lipinski definition) is 4. The Balaban J connectivity index is 5.12. The van der Waals surface area contributed by atoms with Gasteiger partial charge in [0.2, 0.25) is 0 Å². The van der Waals surface area contributed by atoms with Gasteiger partial charge in [-0.2, -0.15) is 0 Å². The van der Waals surface area contributed by atoms with Crippen molar-refractivity contribution < 1.29 is 43.3 Å². The van der Waals surface area contributed by atoms with Crippen LogP contribution >= 0.6 is 0 Å². The average molecular weight is 490 g/mol. The Morgan fingerprint density at radius 2 is 1.24 bits per heavy atom. The van der Waals surface area contributed by atoms with Gasteiger partial charge in [-0.15, -0.1) is 0 Å². The summed E-state index contributed by atoms with van der Waals surface area (Å²) in [5.74, 6) is -2.73. The Labute approximate surface area is 200 Å². The van der Waals surface area contributed by atoms with Gasteiger partial charge in [0.05, 0.1) is 6.54 Å². The molecule has 2 atom stereocenters. The number of carbonyl (C=O) groups is 5. The predicted molar refractivity (Wildman–Crippen MR) is 122 cm³/mol. The molecule has 0 aromatic rings.